The Morgan fingerprint density at radius 1 is 0.619 bits per heavy atom. The predicted octanol–water partition coefficient (Wildman–Crippen LogP) is 7.09. The van der Waals surface area contributed by atoms with E-state index in [1.54, 1.807) is 0 Å². The Labute approximate surface area is 142 Å². The fraction of sp³-hybridized carbons (Fsp3) is 0. The summed E-state index contributed by atoms with van der Waals surface area (Å²) in [5, 5.41) is 1.09. The molecule has 0 aliphatic carbocycles. The van der Waals surface area contributed by atoms with Crippen LogP contribution in [0, 0.1) is 0 Å². The molecule has 0 aliphatic rings. The molecule has 104 valence electrons. The first kappa shape index (κ1) is 14.6. The minimum Gasteiger partial charge on any atom is -0.0826 e. The number of halogens is 3. The zero-order chi connectivity index (χ0) is 14.8. The van der Waals surface area contributed by atoms with Crippen molar-refractivity contribution in [2.75, 3.05) is 0 Å². The van der Waals surface area contributed by atoms with Crippen molar-refractivity contribution in [3.8, 4) is 22.3 Å². The average molecular weight is 378 g/mol. The van der Waals surface area contributed by atoms with Gasteiger partial charge in [0, 0.05) is 4.47 Å². The fourth-order valence-corrected chi connectivity index (χ4v) is 3.11. The zero-order valence-electron chi connectivity index (χ0n) is 11.0. The summed E-state index contributed by atoms with van der Waals surface area (Å²) in [6.07, 6.45) is 0. The van der Waals surface area contributed by atoms with Crippen LogP contribution in [0.15, 0.2) is 71.2 Å². The predicted molar refractivity (Wildman–Crippen MR) is 95.0 cm³/mol. The molecule has 3 aromatic carbocycles. The Hall–Kier alpha value is -1.28. The second-order valence-corrected chi connectivity index (χ2v) is 6.34. The number of rotatable bonds is 2. The Balaban J connectivity index is 1.98. The number of hydrogen-bond donors (Lipinski definition) is 0. The molecular weight excluding hydrogens is 367 g/mol. The highest BCUT2D eigenvalue weighted by atomic mass is 79.9. The molecule has 0 saturated heterocycles. The van der Waals surface area contributed by atoms with Crippen LogP contribution in [0.3, 0.4) is 0 Å². The van der Waals surface area contributed by atoms with Crippen LogP contribution in [0.1, 0.15) is 0 Å². The first-order valence-electron chi connectivity index (χ1n) is 6.45. The van der Waals surface area contributed by atoms with Crippen molar-refractivity contribution in [1.82, 2.24) is 0 Å². The van der Waals surface area contributed by atoms with Gasteiger partial charge in [-0.05, 0) is 50.3 Å². The van der Waals surface area contributed by atoms with Crippen LogP contribution in [-0.2, 0) is 0 Å². The van der Waals surface area contributed by atoms with Gasteiger partial charge in [-0.15, -0.1) is 0 Å². The van der Waals surface area contributed by atoms with Gasteiger partial charge < -0.3 is 0 Å². The van der Waals surface area contributed by atoms with Crippen LogP contribution in [-0.4, -0.2) is 0 Å². The molecule has 3 rings (SSSR count). The number of benzene rings is 3. The molecule has 21 heavy (non-hydrogen) atoms. The van der Waals surface area contributed by atoms with E-state index in [9.17, 15) is 0 Å². The van der Waals surface area contributed by atoms with Crippen LogP contribution in [0.2, 0.25) is 10.0 Å². The third-order valence-corrected chi connectivity index (χ3v) is 4.96. The molecule has 0 N–H and O–H groups in total. The van der Waals surface area contributed by atoms with Gasteiger partial charge >= 0.3 is 0 Å². The lowest BCUT2D eigenvalue weighted by Gasteiger charge is -2.07. The van der Waals surface area contributed by atoms with Gasteiger partial charge in [-0.3, -0.25) is 0 Å². The van der Waals surface area contributed by atoms with Crippen LogP contribution < -0.4 is 0 Å². The third kappa shape index (κ3) is 3.16. The van der Waals surface area contributed by atoms with E-state index in [-0.39, 0.29) is 0 Å². The summed E-state index contributed by atoms with van der Waals surface area (Å²) in [5.41, 5.74) is 4.54. The molecule has 3 heteroatoms. The van der Waals surface area contributed by atoms with Gasteiger partial charge in [-0.2, -0.15) is 0 Å². The van der Waals surface area contributed by atoms with Crippen molar-refractivity contribution >= 4 is 39.1 Å². The van der Waals surface area contributed by atoms with Crippen LogP contribution >= 0.6 is 39.1 Å². The van der Waals surface area contributed by atoms with Crippen molar-refractivity contribution < 1.29 is 0 Å². The van der Waals surface area contributed by atoms with E-state index in [0.29, 0.717) is 10.0 Å². The first-order chi connectivity index (χ1) is 10.1. The molecule has 0 nitrogen and oxygen atoms in total. The molecule has 0 spiro atoms. The van der Waals surface area contributed by atoms with Gasteiger partial charge in [-0.25, -0.2) is 0 Å². The summed E-state index contributed by atoms with van der Waals surface area (Å²) in [7, 11) is 0. The quantitative estimate of drug-likeness (QED) is 0.418. The summed E-state index contributed by atoms with van der Waals surface area (Å²) in [6, 6.07) is 22.6. The van der Waals surface area contributed by atoms with E-state index in [0.717, 1.165) is 15.6 Å². The number of hydrogen-bond acceptors (Lipinski definition) is 0. The van der Waals surface area contributed by atoms with Crippen molar-refractivity contribution in [1.29, 1.82) is 0 Å². The van der Waals surface area contributed by atoms with Gasteiger partial charge in [0.05, 0.1) is 10.0 Å². The summed E-state index contributed by atoms with van der Waals surface area (Å²) in [4.78, 5) is 0. The molecule has 0 amide bonds. The van der Waals surface area contributed by atoms with Gasteiger partial charge in [0.25, 0.3) is 0 Å². The van der Waals surface area contributed by atoms with Crippen molar-refractivity contribution in [3.63, 3.8) is 0 Å². The second-order valence-electron chi connectivity index (χ2n) is 4.70. The van der Waals surface area contributed by atoms with E-state index in [2.05, 4.69) is 52.3 Å². The van der Waals surface area contributed by atoms with Crippen LogP contribution in [0.5, 0.6) is 0 Å². The fourth-order valence-electron chi connectivity index (χ4n) is 2.21. The minimum atomic E-state index is 0.543. The topological polar surface area (TPSA) is 0 Å². The maximum Gasteiger partial charge on any atom is 0.0734 e. The summed E-state index contributed by atoms with van der Waals surface area (Å²) in [5.74, 6) is 0. The maximum absolute atomic E-state index is 6.13. The van der Waals surface area contributed by atoms with Crippen molar-refractivity contribution in [2.24, 2.45) is 0 Å². The Morgan fingerprint density at radius 2 is 1.14 bits per heavy atom. The zero-order valence-corrected chi connectivity index (χ0v) is 14.1. The Morgan fingerprint density at radius 3 is 1.71 bits per heavy atom. The summed E-state index contributed by atoms with van der Waals surface area (Å²) >= 11 is 15.6. The third-order valence-electron chi connectivity index (χ3n) is 3.31. The van der Waals surface area contributed by atoms with Crippen molar-refractivity contribution in [2.45, 2.75) is 0 Å². The van der Waals surface area contributed by atoms with E-state index in [1.807, 2.05) is 30.3 Å². The minimum absolute atomic E-state index is 0.543. The monoisotopic (exact) mass is 376 g/mol. The highest BCUT2D eigenvalue weighted by Crippen LogP contribution is 2.35. The lowest BCUT2D eigenvalue weighted by atomic mass is 10.0. The molecule has 0 aromatic heterocycles. The van der Waals surface area contributed by atoms with Crippen LogP contribution in [0.4, 0.5) is 0 Å². The largest absolute Gasteiger partial charge is 0.0826 e. The average Bonchev–Trinajstić information content (AvgIpc) is 2.53. The Kier molecular flexibility index (Phi) is 4.34. The molecule has 0 radical (unpaired) electrons. The molecular formula is C18H11BrCl2. The molecule has 3 aromatic rings. The van der Waals surface area contributed by atoms with Gasteiger partial charge in [0.1, 0.15) is 0 Å². The van der Waals surface area contributed by atoms with Crippen molar-refractivity contribution in [3.05, 3.63) is 81.2 Å². The molecule has 0 atom stereocenters. The Bertz CT molecular complexity index is 742. The normalized spacial score (nSPS) is 10.6. The lowest BCUT2D eigenvalue weighted by Crippen LogP contribution is -1.82. The molecule has 0 aliphatic heterocycles. The molecule has 0 bridgehead atoms. The molecule has 0 fully saturated rings. The van der Waals surface area contributed by atoms with Gasteiger partial charge in [-0.1, -0.05) is 77.8 Å². The van der Waals surface area contributed by atoms with Crippen LogP contribution in [0.25, 0.3) is 22.3 Å². The van der Waals surface area contributed by atoms with E-state index in [1.165, 1.54) is 11.1 Å². The van der Waals surface area contributed by atoms with Gasteiger partial charge in [0.2, 0.25) is 0 Å². The molecule has 0 heterocycles. The maximum atomic E-state index is 6.13. The standard InChI is InChI=1S/C18H11BrCl2/c19-16-10-15(11-17(20)18(16)21)14-8-6-13(7-9-14)12-4-2-1-3-5-12/h1-11H. The highest BCUT2D eigenvalue weighted by Gasteiger charge is 2.07. The molecule has 0 unspecified atom stereocenters. The smallest absolute Gasteiger partial charge is 0.0734 e. The summed E-state index contributed by atoms with van der Waals surface area (Å²) in [6.45, 7) is 0. The van der Waals surface area contributed by atoms with Gasteiger partial charge in [0.15, 0.2) is 0 Å². The molecule has 0 saturated carbocycles. The first-order valence-corrected chi connectivity index (χ1v) is 8.00. The SMILES string of the molecule is Clc1cc(-c2ccc(-c3ccccc3)cc2)cc(Br)c1Cl. The van der Waals surface area contributed by atoms with E-state index < -0.39 is 0 Å². The van der Waals surface area contributed by atoms with E-state index in [4.69, 9.17) is 23.2 Å². The lowest BCUT2D eigenvalue weighted by molar-refractivity contribution is 1.57. The summed E-state index contributed by atoms with van der Waals surface area (Å²) < 4.78 is 0.804. The van der Waals surface area contributed by atoms with E-state index >= 15 is 0 Å². The highest BCUT2D eigenvalue weighted by molar-refractivity contribution is 9.10. The second kappa shape index (κ2) is 6.23.